The SMILES string of the molecule is CC1C[C@H]2CCC[C@@H](C1)C21c2ccccc2S(=O)(=O)c2cc(N(c3ccccc3)c3ccc(-c4ccc5c(c4)sc4ccccc45)cc3)ccc21. The Morgan fingerprint density at radius 2 is 1.22 bits per heavy atom. The molecule has 7 aromatic rings. The van der Waals surface area contributed by atoms with Gasteiger partial charge in [-0.05, 0) is 120 Å². The van der Waals surface area contributed by atoms with Crippen molar-refractivity contribution in [3.63, 3.8) is 0 Å². The number of sulfone groups is 1. The third-order valence-electron chi connectivity index (χ3n) is 12.2. The van der Waals surface area contributed by atoms with E-state index in [1.165, 1.54) is 32.2 Å². The van der Waals surface area contributed by atoms with Crippen molar-refractivity contribution in [1.29, 1.82) is 0 Å². The quantitative estimate of drug-likeness (QED) is 0.183. The molecule has 3 aliphatic rings. The summed E-state index contributed by atoms with van der Waals surface area (Å²) < 4.78 is 32.0. The van der Waals surface area contributed by atoms with Gasteiger partial charge in [0.1, 0.15) is 0 Å². The van der Waals surface area contributed by atoms with E-state index in [9.17, 15) is 8.42 Å². The second-order valence-corrected chi connectivity index (χ2v) is 17.9. The second kappa shape index (κ2) is 11.7. The average Bonchev–Trinajstić information content (AvgIpc) is 3.53. The normalized spacial score (nSPS) is 23.2. The van der Waals surface area contributed by atoms with E-state index in [1.807, 2.05) is 53.8 Å². The smallest absolute Gasteiger partial charge is 0.207 e. The van der Waals surface area contributed by atoms with Crippen LogP contribution in [0.15, 0.2) is 149 Å². The molecule has 2 bridgehead atoms. The summed E-state index contributed by atoms with van der Waals surface area (Å²) in [4.78, 5) is 3.19. The third-order valence-corrected chi connectivity index (χ3v) is 15.2. The molecular formula is C46H39NO2S2. The summed E-state index contributed by atoms with van der Waals surface area (Å²) in [6, 6.07) is 48.6. The van der Waals surface area contributed by atoms with Crippen molar-refractivity contribution in [3.8, 4) is 11.1 Å². The molecule has 1 spiro atoms. The van der Waals surface area contributed by atoms with Gasteiger partial charge in [-0.1, -0.05) is 98.3 Å². The van der Waals surface area contributed by atoms with E-state index >= 15 is 0 Å². The number of thiophene rings is 1. The van der Waals surface area contributed by atoms with Gasteiger partial charge >= 0.3 is 0 Å². The van der Waals surface area contributed by atoms with E-state index in [0.717, 1.165) is 59.4 Å². The largest absolute Gasteiger partial charge is 0.310 e. The Labute approximate surface area is 304 Å². The van der Waals surface area contributed by atoms with Crippen LogP contribution >= 0.6 is 11.3 Å². The molecule has 51 heavy (non-hydrogen) atoms. The molecule has 4 atom stereocenters. The molecule has 252 valence electrons. The molecule has 6 aromatic carbocycles. The minimum absolute atomic E-state index is 0.269. The van der Waals surface area contributed by atoms with Gasteiger partial charge in [0.15, 0.2) is 0 Å². The van der Waals surface area contributed by atoms with Crippen molar-refractivity contribution in [1.82, 2.24) is 0 Å². The highest BCUT2D eigenvalue weighted by Gasteiger charge is 2.58. The molecule has 0 amide bonds. The number of rotatable bonds is 4. The van der Waals surface area contributed by atoms with Crippen LogP contribution in [0.4, 0.5) is 17.1 Å². The summed E-state index contributed by atoms with van der Waals surface area (Å²) in [5.74, 6) is 1.53. The van der Waals surface area contributed by atoms with E-state index < -0.39 is 9.84 Å². The molecule has 0 N–H and O–H groups in total. The average molecular weight is 702 g/mol. The zero-order valence-electron chi connectivity index (χ0n) is 28.6. The van der Waals surface area contributed by atoms with Crippen LogP contribution in [-0.4, -0.2) is 8.42 Å². The maximum Gasteiger partial charge on any atom is 0.207 e. The fourth-order valence-corrected chi connectivity index (χ4v) is 13.2. The van der Waals surface area contributed by atoms with Gasteiger partial charge in [0.25, 0.3) is 0 Å². The van der Waals surface area contributed by atoms with Crippen LogP contribution in [0.3, 0.4) is 0 Å². The van der Waals surface area contributed by atoms with E-state index in [1.54, 1.807) is 0 Å². The number of hydrogen-bond acceptors (Lipinski definition) is 4. The summed E-state index contributed by atoms with van der Waals surface area (Å²) in [7, 11) is -3.74. The number of hydrogen-bond donors (Lipinski definition) is 0. The van der Waals surface area contributed by atoms with Crippen molar-refractivity contribution in [2.24, 2.45) is 17.8 Å². The van der Waals surface area contributed by atoms with Gasteiger partial charge in [-0.2, -0.15) is 0 Å². The first-order valence-electron chi connectivity index (χ1n) is 18.3. The molecule has 2 unspecified atom stereocenters. The summed E-state index contributed by atoms with van der Waals surface area (Å²) in [5.41, 5.74) is 6.95. The first kappa shape index (κ1) is 31.1. The third kappa shape index (κ3) is 4.64. The number of nitrogens with zero attached hydrogens (tertiary/aromatic N) is 1. The predicted molar refractivity (Wildman–Crippen MR) is 211 cm³/mol. The molecule has 10 rings (SSSR count). The van der Waals surface area contributed by atoms with E-state index in [4.69, 9.17) is 0 Å². The number of para-hydroxylation sites is 1. The van der Waals surface area contributed by atoms with Crippen molar-refractivity contribution in [3.05, 3.63) is 151 Å². The Kier molecular flexibility index (Phi) is 7.10. The molecule has 0 saturated heterocycles. The second-order valence-electron chi connectivity index (χ2n) is 15.0. The Morgan fingerprint density at radius 1 is 0.588 bits per heavy atom. The lowest BCUT2D eigenvalue weighted by molar-refractivity contribution is 0.0488. The maximum atomic E-state index is 14.7. The van der Waals surface area contributed by atoms with Crippen LogP contribution in [0.2, 0.25) is 0 Å². The minimum Gasteiger partial charge on any atom is -0.310 e. The first-order chi connectivity index (χ1) is 24.9. The molecular weight excluding hydrogens is 663 g/mol. The highest BCUT2D eigenvalue weighted by atomic mass is 32.2. The van der Waals surface area contributed by atoms with Crippen LogP contribution in [0.25, 0.3) is 31.3 Å². The molecule has 2 heterocycles. The van der Waals surface area contributed by atoms with Gasteiger partial charge in [0, 0.05) is 42.6 Å². The lowest BCUT2D eigenvalue weighted by Gasteiger charge is -2.57. The van der Waals surface area contributed by atoms with Gasteiger partial charge in [-0.25, -0.2) is 8.42 Å². The summed E-state index contributed by atoms with van der Waals surface area (Å²) in [5, 5.41) is 2.60. The Bertz CT molecular complexity index is 2560. The Hall–Kier alpha value is -4.71. The van der Waals surface area contributed by atoms with Gasteiger partial charge in [-0.3, -0.25) is 0 Å². The van der Waals surface area contributed by atoms with Crippen LogP contribution in [-0.2, 0) is 15.3 Å². The standard InChI is InChI=1S/C46H39NO2S2/c1-30-26-33-10-9-11-34(27-30)46(33)40-15-6-8-17-44(40)51(48,49)45-29-37(23-25-41(45)46)47(35-12-3-2-4-13-35)36-21-18-31(19-22-36)32-20-24-39-38-14-5-7-16-42(38)50-43(39)28-32/h2-8,12-25,28-30,33-34H,9-11,26-27H2,1H3/t30?,33-,34+,46?. The van der Waals surface area contributed by atoms with Crippen molar-refractivity contribution in [2.75, 3.05) is 4.90 Å². The van der Waals surface area contributed by atoms with Gasteiger partial charge in [-0.15, -0.1) is 11.3 Å². The highest BCUT2D eigenvalue weighted by Crippen LogP contribution is 2.63. The predicted octanol–water partition coefficient (Wildman–Crippen LogP) is 12.5. The summed E-state index contributed by atoms with van der Waals surface area (Å²) in [6.45, 7) is 2.39. The Balaban J connectivity index is 1.10. The van der Waals surface area contributed by atoms with Gasteiger partial charge in [0.2, 0.25) is 9.84 Å². The molecule has 5 heteroatoms. The molecule has 3 nitrogen and oxygen atoms in total. The summed E-state index contributed by atoms with van der Waals surface area (Å²) >= 11 is 1.84. The zero-order chi connectivity index (χ0) is 34.3. The number of anilines is 3. The van der Waals surface area contributed by atoms with Crippen molar-refractivity contribution < 1.29 is 8.42 Å². The van der Waals surface area contributed by atoms with Crippen LogP contribution in [0.5, 0.6) is 0 Å². The lowest BCUT2D eigenvalue weighted by Crippen LogP contribution is -2.53. The molecule has 2 fully saturated rings. The molecule has 2 aliphatic carbocycles. The minimum atomic E-state index is -3.74. The van der Waals surface area contributed by atoms with Crippen molar-refractivity contribution >= 4 is 58.4 Å². The maximum absolute atomic E-state index is 14.7. The van der Waals surface area contributed by atoms with E-state index in [-0.39, 0.29) is 5.41 Å². The van der Waals surface area contributed by atoms with Crippen LogP contribution in [0, 0.1) is 17.8 Å². The van der Waals surface area contributed by atoms with Crippen LogP contribution < -0.4 is 4.90 Å². The van der Waals surface area contributed by atoms with Crippen molar-refractivity contribution in [2.45, 2.75) is 54.2 Å². The molecule has 1 aliphatic heterocycles. The highest BCUT2D eigenvalue weighted by molar-refractivity contribution is 7.91. The molecule has 0 radical (unpaired) electrons. The monoisotopic (exact) mass is 701 g/mol. The zero-order valence-corrected chi connectivity index (χ0v) is 30.3. The summed E-state index contributed by atoms with van der Waals surface area (Å²) in [6.07, 6.45) is 5.81. The van der Waals surface area contributed by atoms with E-state index in [0.29, 0.717) is 27.5 Å². The lowest BCUT2D eigenvalue weighted by atomic mass is 9.48. The number of fused-ring (bicyclic) bond motifs is 5. The van der Waals surface area contributed by atoms with Gasteiger partial charge in [0.05, 0.1) is 9.79 Å². The number of benzene rings is 6. The van der Waals surface area contributed by atoms with Crippen LogP contribution in [0.1, 0.15) is 50.2 Å². The van der Waals surface area contributed by atoms with E-state index in [2.05, 4.69) is 109 Å². The first-order valence-corrected chi connectivity index (χ1v) is 20.6. The fourth-order valence-electron chi connectivity index (χ4n) is 10.2. The molecule has 1 aromatic heterocycles. The molecule has 2 saturated carbocycles. The van der Waals surface area contributed by atoms with Gasteiger partial charge < -0.3 is 4.90 Å². The fraction of sp³-hybridized carbons (Fsp3) is 0.217. The topological polar surface area (TPSA) is 37.4 Å². The Morgan fingerprint density at radius 3 is 2.02 bits per heavy atom.